The van der Waals surface area contributed by atoms with Crippen LogP contribution in [0.1, 0.15) is 37.1 Å². The van der Waals surface area contributed by atoms with E-state index in [1.165, 1.54) is 25.7 Å². The monoisotopic (exact) mass is 332 g/mol. The molecule has 1 atom stereocenters. The number of nitrogens with zero attached hydrogens (tertiary/aromatic N) is 2. The first kappa shape index (κ1) is 14.4. The first-order chi connectivity index (χ1) is 8.58. The van der Waals surface area contributed by atoms with Crippen LogP contribution in [0.4, 0.5) is 0 Å². The lowest BCUT2D eigenvalue weighted by atomic mass is 10.2. The van der Waals surface area contributed by atoms with E-state index in [0.29, 0.717) is 6.42 Å². The maximum Gasteiger partial charge on any atom is 0.0738 e. The summed E-state index contributed by atoms with van der Waals surface area (Å²) in [6, 6.07) is 0. The van der Waals surface area contributed by atoms with Gasteiger partial charge in [0, 0.05) is 24.5 Å². The highest BCUT2D eigenvalue weighted by molar-refractivity contribution is 9.10. The Morgan fingerprint density at radius 3 is 2.72 bits per heavy atom. The van der Waals surface area contributed by atoms with Crippen molar-refractivity contribution in [1.82, 2.24) is 9.78 Å². The highest BCUT2D eigenvalue weighted by Gasteiger charge is 2.19. The molecule has 5 heteroatoms. The number of hydrogen-bond acceptors (Lipinski definition) is 3. The maximum absolute atomic E-state index is 10.1. The number of halogens is 1. The molecule has 2 rings (SSSR count). The van der Waals surface area contributed by atoms with Gasteiger partial charge in [-0.2, -0.15) is 16.9 Å². The molecule has 0 radical (unpaired) electrons. The normalized spacial score (nSPS) is 18.4. The summed E-state index contributed by atoms with van der Waals surface area (Å²) in [6.07, 6.45) is 5.78. The van der Waals surface area contributed by atoms with E-state index >= 15 is 0 Å². The van der Waals surface area contributed by atoms with Gasteiger partial charge in [0.1, 0.15) is 0 Å². The van der Waals surface area contributed by atoms with Crippen molar-refractivity contribution in [2.45, 2.75) is 50.4 Å². The molecule has 0 saturated heterocycles. The molecule has 102 valence electrons. The Balaban J connectivity index is 1.84. The summed E-state index contributed by atoms with van der Waals surface area (Å²) >= 11 is 5.48. The predicted octanol–water partition coefficient (Wildman–Crippen LogP) is 3.07. The molecule has 1 aromatic rings. The van der Waals surface area contributed by atoms with Crippen molar-refractivity contribution < 1.29 is 5.11 Å². The van der Waals surface area contributed by atoms with Gasteiger partial charge in [-0.05, 0) is 35.7 Å². The average molecular weight is 333 g/mol. The van der Waals surface area contributed by atoms with Crippen LogP contribution in [0.2, 0.25) is 0 Å². The Bertz CT molecular complexity index is 402. The van der Waals surface area contributed by atoms with E-state index in [1.807, 2.05) is 30.4 Å². The summed E-state index contributed by atoms with van der Waals surface area (Å²) < 4.78 is 2.90. The SMILES string of the molecule is Cc1nn(C)c(CC(O)CSC2CCCC2)c1Br. The van der Waals surface area contributed by atoms with Gasteiger partial charge in [-0.15, -0.1) is 0 Å². The number of aryl methyl sites for hydroxylation is 2. The molecule has 0 bridgehead atoms. The van der Waals surface area contributed by atoms with Crippen LogP contribution in [-0.4, -0.2) is 32.0 Å². The number of rotatable bonds is 5. The number of thioether (sulfide) groups is 1. The van der Waals surface area contributed by atoms with Gasteiger partial charge in [-0.1, -0.05) is 12.8 Å². The molecule has 1 N–H and O–H groups in total. The van der Waals surface area contributed by atoms with Gasteiger partial charge in [0.05, 0.1) is 22.0 Å². The summed E-state index contributed by atoms with van der Waals surface area (Å²) in [5, 5.41) is 15.3. The van der Waals surface area contributed by atoms with E-state index in [-0.39, 0.29) is 6.10 Å². The van der Waals surface area contributed by atoms with Crippen molar-refractivity contribution in [3.05, 3.63) is 15.9 Å². The van der Waals surface area contributed by atoms with Crippen molar-refractivity contribution >= 4 is 27.7 Å². The Labute approximate surface area is 121 Å². The zero-order valence-corrected chi connectivity index (χ0v) is 13.4. The lowest BCUT2D eigenvalue weighted by molar-refractivity contribution is 0.197. The fraction of sp³-hybridized carbons (Fsp3) is 0.769. The molecule has 1 heterocycles. The van der Waals surface area contributed by atoms with Crippen molar-refractivity contribution in [2.75, 3.05) is 5.75 Å². The van der Waals surface area contributed by atoms with Crippen LogP contribution in [-0.2, 0) is 13.5 Å². The summed E-state index contributed by atoms with van der Waals surface area (Å²) in [5.74, 6) is 0.835. The van der Waals surface area contributed by atoms with Crippen LogP contribution in [0.5, 0.6) is 0 Å². The first-order valence-electron chi connectivity index (χ1n) is 6.55. The minimum absolute atomic E-state index is 0.276. The molecule has 1 aliphatic carbocycles. The molecular formula is C13H21BrN2OS. The highest BCUT2D eigenvalue weighted by Crippen LogP contribution is 2.30. The Hall–Kier alpha value is -0.000000000000000111. The van der Waals surface area contributed by atoms with Gasteiger partial charge in [0.15, 0.2) is 0 Å². The van der Waals surface area contributed by atoms with E-state index < -0.39 is 0 Å². The Morgan fingerprint density at radius 2 is 2.17 bits per heavy atom. The van der Waals surface area contributed by atoms with Gasteiger partial charge in [-0.3, -0.25) is 4.68 Å². The van der Waals surface area contributed by atoms with Crippen molar-refractivity contribution in [1.29, 1.82) is 0 Å². The van der Waals surface area contributed by atoms with Crippen molar-refractivity contribution in [3.8, 4) is 0 Å². The molecule has 3 nitrogen and oxygen atoms in total. The van der Waals surface area contributed by atoms with E-state index in [1.54, 1.807) is 0 Å². The van der Waals surface area contributed by atoms with Crippen molar-refractivity contribution in [3.63, 3.8) is 0 Å². The minimum Gasteiger partial charge on any atom is -0.392 e. The molecule has 0 amide bonds. The fourth-order valence-electron chi connectivity index (χ4n) is 2.49. The van der Waals surface area contributed by atoms with Crippen molar-refractivity contribution in [2.24, 2.45) is 7.05 Å². The molecule has 18 heavy (non-hydrogen) atoms. The zero-order valence-electron chi connectivity index (χ0n) is 11.0. The Morgan fingerprint density at radius 1 is 1.50 bits per heavy atom. The van der Waals surface area contributed by atoms with E-state index in [9.17, 15) is 5.11 Å². The predicted molar refractivity (Wildman–Crippen MR) is 80.1 cm³/mol. The molecule has 1 aromatic heterocycles. The van der Waals surface area contributed by atoms with Crippen LogP contribution in [0, 0.1) is 6.92 Å². The maximum atomic E-state index is 10.1. The highest BCUT2D eigenvalue weighted by atomic mass is 79.9. The third kappa shape index (κ3) is 3.52. The number of aliphatic hydroxyl groups excluding tert-OH is 1. The third-order valence-electron chi connectivity index (χ3n) is 3.52. The third-order valence-corrected chi connectivity index (χ3v) is 6.07. The van der Waals surface area contributed by atoms with Gasteiger partial charge < -0.3 is 5.11 Å². The van der Waals surface area contributed by atoms with Gasteiger partial charge in [-0.25, -0.2) is 0 Å². The Kier molecular flexibility index (Phi) is 5.15. The molecular weight excluding hydrogens is 312 g/mol. The molecule has 1 unspecified atom stereocenters. The quantitative estimate of drug-likeness (QED) is 0.900. The summed E-state index contributed by atoms with van der Waals surface area (Å²) in [4.78, 5) is 0. The van der Waals surface area contributed by atoms with Crippen LogP contribution in [0.3, 0.4) is 0 Å². The smallest absolute Gasteiger partial charge is 0.0738 e. The average Bonchev–Trinajstić information content (AvgIpc) is 2.92. The topological polar surface area (TPSA) is 38.0 Å². The van der Waals surface area contributed by atoms with E-state index in [0.717, 1.165) is 26.9 Å². The molecule has 0 aliphatic heterocycles. The lowest BCUT2D eigenvalue weighted by Crippen LogP contribution is -2.17. The van der Waals surface area contributed by atoms with Crippen LogP contribution in [0.25, 0.3) is 0 Å². The molecule has 1 saturated carbocycles. The second kappa shape index (κ2) is 6.44. The van der Waals surface area contributed by atoms with E-state index in [2.05, 4.69) is 21.0 Å². The van der Waals surface area contributed by atoms with Crippen LogP contribution >= 0.6 is 27.7 Å². The number of aromatic nitrogens is 2. The molecule has 0 aromatic carbocycles. The fourth-order valence-corrected chi connectivity index (χ4v) is 4.26. The summed E-state index contributed by atoms with van der Waals surface area (Å²) in [6.45, 7) is 1.98. The minimum atomic E-state index is -0.276. The molecule has 1 fully saturated rings. The first-order valence-corrected chi connectivity index (χ1v) is 8.39. The standard InChI is InChI=1S/C13H21BrN2OS/c1-9-13(14)12(16(2)15-9)7-10(17)8-18-11-5-3-4-6-11/h10-11,17H,3-8H2,1-2H3. The second-order valence-corrected chi connectivity index (χ2v) is 7.19. The van der Waals surface area contributed by atoms with Gasteiger partial charge in [0.2, 0.25) is 0 Å². The summed E-state index contributed by atoms with van der Waals surface area (Å²) in [7, 11) is 1.93. The zero-order chi connectivity index (χ0) is 13.1. The summed E-state index contributed by atoms with van der Waals surface area (Å²) in [5.41, 5.74) is 2.08. The number of aliphatic hydroxyl groups is 1. The second-order valence-electron chi connectivity index (χ2n) is 5.07. The van der Waals surface area contributed by atoms with Crippen LogP contribution in [0.15, 0.2) is 4.47 Å². The van der Waals surface area contributed by atoms with Gasteiger partial charge in [0.25, 0.3) is 0 Å². The van der Waals surface area contributed by atoms with Crippen LogP contribution < -0.4 is 0 Å². The number of hydrogen-bond donors (Lipinski definition) is 1. The lowest BCUT2D eigenvalue weighted by Gasteiger charge is -2.14. The largest absolute Gasteiger partial charge is 0.392 e. The molecule has 0 spiro atoms. The molecule has 1 aliphatic rings. The van der Waals surface area contributed by atoms with Gasteiger partial charge >= 0.3 is 0 Å². The van der Waals surface area contributed by atoms with E-state index in [4.69, 9.17) is 0 Å².